The zero-order valence-corrected chi connectivity index (χ0v) is 10.6. The van der Waals surface area contributed by atoms with Crippen molar-refractivity contribution in [2.75, 3.05) is 53.6 Å². The van der Waals surface area contributed by atoms with Gasteiger partial charge in [0.1, 0.15) is 0 Å². The second kappa shape index (κ2) is 8.41. The highest BCUT2D eigenvalue weighted by molar-refractivity contribution is 5.76. The molecule has 0 bridgehead atoms. The van der Waals surface area contributed by atoms with E-state index in [1.807, 2.05) is 4.90 Å². The molecule has 0 aliphatic carbocycles. The molecule has 0 unspecified atom stereocenters. The first-order valence-electron chi connectivity index (χ1n) is 5.89. The van der Waals surface area contributed by atoms with Gasteiger partial charge in [-0.1, -0.05) is 0 Å². The van der Waals surface area contributed by atoms with E-state index < -0.39 is 0 Å². The molecule has 1 N–H and O–H groups in total. The second-order valence-electron chi connectivity index (χ2n) is 3.85. The summed E-state index contributed by atoms with van der Waals surface area (Å²) in [6.07, 6.45) is 0.244. The van der Waals surface area contributed by atoms with Crippen LogP contribution in [-0.4, -0.2) is 70.7 Å². The number of ether oxygens (including phenoxy) is 3. The van der Waals surface area contributed by atoms with Crippen molar-refractivity contribution in [2.45, 2.75) is 12.7 Å². The molecule has 6 nitrogen and oxygen atoms in total. The van der Waals surface area contributed by atoms with Gasteiger partial charge in [-0.3, -0.25) is 4.79 Å². The molecule has 0 aromatic heterocycles. The molecule has 1 aliphatic heterocycles. The van der Waals surface area contributed by atoms with Crippen molar-refractivity contribution in [1.29, 1.82) is 0 Å². The van der Waals surface area contributed by atoms with E-state index in [9.17, 15) is 4.79 Å². The maximum Gasteiger partial charge on any atom is 0.224 e. The van der Waals surface area contributed by atoms with Crippen LogP contribution in [0.5, 0.6) is 0 Å². The average molecular weight is 246 g/mol. The summed E-state index contributed by atoms with van der Waals surface area (Å²) in [7, 11) is 3.18. The fraction of sp³-hybridized carbons (Fsp3) is 0.909. The molecule has 1 amide bonds. The van der Waals surface area contributed by atoms with Crippen molar-refractivity contribution >= 4 is 5.91 Å². The summed E-state index contributed by atoms with van der Waals surface area (Å²) in [5.41, 5.74) is 0. The minimum atomic E-state index is -0.256. The Hall–Kier alpha value is -0.690. The molecule has 0 radical (unpaired) electrons. The highest BCUT2D eigenvalue weighted by atomic mass is 16.7. The molecule has 0 aromatic carbocycles. The molecular formula is C11H22N2O4. The number of nitrogens with zero attached hydrogens (tertiary/aromatic N) is 1. The Kier molecular flexibility index (Phi) is 7.11. The number of hydrogen-bond acceptors (Lipinski definition) is 5. The summed E-state index contributed by atoms with van der Waals surface area (Å²) in [5, 5.41) is 3.13. The van der Waals surface area contributed by atoms with E-state index in [0.717, 1.165) is 0 Å². The van der Waals surface area contributed by atoms with Gasteiger partial charge in [-0.25, -0.2) is 0 Å². The third-order valence-corrected chi connectivity index (χ3v) is 2.72. The van der Waals surface area contributed by atoms with Gasteiger partial charge in [0, 0.05) is 46.8 Å². The maximum absolute atomic E-state index is 11.7. The SMILES string of the molecule is COC(CNCCC(=O)N1CCOCC1)OC. The molecule has 1 rings (SSSR count). The molecule has 1 aliphatic rings. The van der Waals surface area contributed by atoms with Gasteiger partial charge >= 0.3 is 0 Å². The Morgan fingerprint density at radius 3 is 2.59 bits per heavy atom. The molecule has 0 saturated carbocycles. The lowest BCUT2D eigenvalue weighted by Crippen LogP contribution is -2.42. The first-order chi connectivity index (χ1) is 8.27. The van der Waals surface area contributed by atoms with Crippen molar-refractivity contribution in [3.8, 4) is 0 Å². The molecule has 1 saturated heterocycles. The van der Waals surface area contributed by atoms with E-state index in [-0.39, 0.29) is 12.2 Å². The second-order valence-corrected chi connectivity index (χ2v) is 3.85. The Morgan fingerprint density at radius 2 is 2.00 bits per heavy atom. The highest BCUT2D eigenvalue weighted by Crippen LogP contribution is 1.99. The molecule has 0 spiro atoms. The van der Waals surface area contributed by atoms with E-state index >= 15 is 0 Å². The van der Waals surface area contributed by atoms with Crippen LogP contribution in [-0.2, 0) is 19.0 Å². The van der Waals surface area contributed by atoms with Crippen LogP contribution in [0, 0.1) is 0 Å². The Morgan fingerprint density at radius 1 is 1.35 bits per heavy atom. The topological polar surface area (TPSA) is 60.0 Å². The number of hydrogen-bond donors (Lipinski definition) is 1. The van der Waals surface area contributed by atoms with Crippen LogP contribution >= 0.6 is 0 Å². The Labute approximate surface area is 102 Å². The summed E-state index contributed by atoms with van der Waals surface area (Å²) in [4.78, 5) is 13.6. The van der Waals surface area contributed by atoms with E-state index in [0.29, 0.717) is 45.8 Å². The number of carbonyl (C=O) groups excluding carboxylic acids is 1. The van der Waals surface area contributed by atoms with Crippen molar-refractivity contribution < 1.29 is 19.0 Å². The molecule has 1 heterocycles. The maximum atomic E-state index is 11.7. The lowest BCUT2D eigenvalue weighted by atomic mass is 10.3. The summed E-state index contributed by atoms with van der Waals surface area (Å²) < 4.78 is 15.2. The highest BCUT2D eigenvalue weighted by Gasteiger charge is 2.16. The quantitative estimate of drug-likeness (QED) is 0.482. The van der Waals surface area contributed by atoms with Crippen LogP contribution < -0.4 is 5.32 Å². The van der Waals surface area contributed by atoms with Crippen molar-refractivity contribution in [3.63, 3.8) is 0 Å². The number of methoxy groups -OCH3 is 2. The number of rotatable bonds is 7. The van der Waals surface area contributed by atoms with Crippen LogP contribution in [0.4, 0.5) is 0 Å². The summed E-state index contributed by atoms with van der Waals surface area (Å²) in [5.74, 6) is 0.173. The number of carbonyl (C=O) groups is 1. The zero-order chi connectivity index (χ0) is 12.5. The van der Waals surface area contributed by atoms with E-state index in [1.54, 1.807) is 14.2 Å². The molecule has 17 heavy (non-hydrogen) atoms. The number of amides is 1. The first-order valence-corrected chi connectivity index (χ1v) is 5.89. The summed E-state index contributed by atoms with van der Waals surface area (Å²) >= 11 is 0. The molecule has 6 heteroatoms. The third-order valence-electron chi connectivity index (χ3n) is 2.72. The van der Waals surface area contributed by atoms with E-state index in [4.69, 9.17) is 14.2 Å². The van der Waals surface area contributed by atoms with Crippen molar-refractivity contribution in [2.24, 2.45) is 0 Å². The van der Waals surface area contributed by atoms with Crippen LogP contribution in [0.2, 0.25) is 0 Å². The monoisotopic (exact) mass is 246 g/mol. The normalized spacial score (nSPS) is 16.5. The Balaban J connectivity index is 2.07. The first kappa shape index (κ1) is 14.4. The largest absolute Gasteiger partial charge is 0.378 e. The molecule has 0 aromatic rings. The van der Waals surface area contributed by atoms with Crippen LogP contribution in [0.3, 0.4) is 0 Å². The summed E-state index contributed by atoms with van der Waals surface area (Å²) in [6.45, 7) is 3.93. The van der Waals surface area contributed by atoms with Crippen molar-refractivity contribution in [1.82, 2.24) is 10.2 Å². The van der Waals surface area contributed by atoms with Crippen LogP contribution in [0.1, 0.15) is 6.42 Å². The number of morpholine rings is 1. The Bertz CT molecular complexity index is 216. The van der Waals surface area contributed by atoms with Gasteiger partial charge in [-0.15, -0.1) is 0 Å². The fourth-order valence-corrected chi connectivity index (χ4v) is 1.65. The summed E-state index contributed by atoms with van der Waals surface area (Å²) in [6, 6.07) is 0. The minimum absolute atomic E-state index is 0.173. The minimum Gasteiger partial charge on any atom is -0.378 e. The van der Waals surface area contributed by atoms with Gasteiger partial charge in [0.25, 0.3) is 0 Å². The van der Waals surface area contributed by atoms with E-state index in [2.05, 4.69) is 5.32 Å². The predicted octanol–water partition coefficient (Wildman–Crippen LogP) is -0.556. The number of nitrogens with one attached hydrogen (secondary N) is 1. The van der Waals surface area contributed by atoms with Crippen molar-refractivity contribution in [3.05, 3.63) is 0 Å². The van der Waals surface area contributed by atoms with Gasteiger partial charge in [0.05, 0.1) is 13.2 Å². The zero-order valence-electron chi connectivity index (χ0n) is 10.6. The molecule has 100 valence electrons. The van der Waals surface area contributed by atoms with Gasteiger partial charge in [0.2, 0.25) is 5.91 Å². The molecule has 0 atom stereocenters. The van der Waals surface area contributed by atoms with Gasteiger partial charge in [-0.05, 0) is 0 Å². The van der Waals surface area contributed by atoms with Gasteiger partial charge in [-0.2, -0.15) is 0 Å². The average Bonchev–Trinajstić information content (AvgIpc) is 2.40. The predicted molar refractivity (Wildman–Crippen MR) is 62.7 cm³/mol. The lowest BCUT2D eigenvalue weighted by Gasteiger charge is -2.27. The standard InChI is InChI=1S/C11H22N2O4/c1-15-11(16-2)9-12-4-3-10(14)13-5-7-17-8-6-13/h11-12H,3-9H2,1-2H3. The molecule has 1 fully saturated rings. The van der Waals surface area contributed by atoms with Gasteiger partial charge < -0.3 is 24.4 Å². The van der Waals surface area contributed by atoms with Gasteiger partial charge in [0.15, 0.2) is 6.29 Å². The fourth-order valence-electron chi connectivity index (χ4n) is 1.65. The third kappa shape index (κ3) is 5.45. The van der Waals surface area contributed by atoms with E-state index in [1.165, 1.54) is 0 Å². The van der Waals surface area contributed by atoms with Crippen LogP contribution in [0.15, 0.2) is 0 Å². The smallest absolute Gasteiger partial charge is 0.224 e. The van der Waals surface area contributed by atoms with Crippen LogP contribution in [0.25, 0.3) is 0 Å². The lowest BCUT2D eigenvalue weighted by molar-refractivity contribution is -0.135. The molecular weight excluding hydrogens is 224 g/mol.